The summed E-state index contributed by atoms with van der Waals surface area (Å²) in [6.07, 6.45) is 1.75. The quantitative estimate of drug-likeness (QED) is 0.576. The van der Waals surface area contributed by atoms with E-state index in [0.717, 1.165) is 39.4 Å². The summed E-state index contributed by atoms with van der Waals surface area (Å²) in [5.41, 5.74) is 4.50. The van der Waals surface area contributed by atoms with E-state index < -0.39 is 0 Å². The molecule has 5 heteroatoms. The van der Waals surface area contributed by atoms with Crippen LogP contribution in [0.4, 0.5) is 4.79 Å². The number of nitrogens with one attached hydrogen (secondary N) is 1. The van der Waals surface area contributed by atoms with Gasteiger partial charge in [0.25, 0.3) is 11.1 Å². The van der Waals surface area contributed by atoms with E-state index in [9.17, 15) is 9.59 Å². The lowest BCUT2D eigenvalue weighted by Crippen LogP contribution is -2.18. The minimum absolute atomic E-state index is 0.0243. The van der Waals surface area contributed by atoms with E-state index in [1.807, 2.05) is 18.2 Å². The second-order valence-corrected chi connectivity index (χ2v) is 9.07. The van der Waals surface area contributed by atoms with E-state index in [4.69, 9.17) is 4.74 Å². The third-order valence-corrected chi connectivity index (χ3v) is 6.25. The number of imide groups is 1. The summed E-state index contributed by atoms with van der Waals surface area (Å²) in [5, 5.41) is 4.17. The van der Waals surface area contributed by atoms with Gasteiger partial charge in [-0.1, -0.05) is 44.2 Å². The van der Waals surface area contributed by atoms with Crippen LogP contribution in [-0.2, 0) is 10.2 Å². The molecule has 0 aliphatic carbocycles. The van der Waals surface area contributed by atoms with Gasteiger partial charge < -0.3 is 4.74 Å². The van der Waals surface area contributed by atoms with E-state index in [1.54, 1.807) is 6.08 Å². The number of amides is 2. The highest BCUT2D eigenvalue weighted by molar-refractivity contribution is 8.18. The number of hydrogen-bond acceptors (Lipinski definition) is 4. The Balaban J connectivity index is 1.50. The standard InChI is InChI=1S/C24H19NO3S/c1-24(2)13-28-20-8-7-18(12-19(20)24)17-6-5-15-9-14(3-4-16(15)11-17)10-21-22(26)25-23(27)29-21/h3-12H,13H2,1-2H3,(H,25,26,27)/b21-10+. The minimum Gasteiger partial charge on any atom is -0.492 e. The fourth-order valence-electron chi connectivity index (χ4n) is 3.81. The number of thioether (sulfide) groups is 1. The summed E-state index contributed by atoms with van der Waals surface area (Å²) >= 11 is 0.934. The Kier molecular flexibility index (Phi) is 4.03. The van der Waals surface area contributed by atoms with Gasteiger partial charge in [0.05, 0.1) is 11.5 Å². The fourth-order valence-corrected chi connectivity index (χ4v) is 4.49. The maximum absolute atomic E-state index is 11.8. The number of hydrogen-bond donors (Lipinski definition) is 1. The van der Waals surface area contributed by atoms with Crippen molar-refractivity contribution in [2.24, 2.45) is 0 Å². The summed E-state index contributed by atoms with van der Waals surface area (Å²) in [4.78, 5) is 23.5. The zero-order valence-corrected chi connectivity index (χ0v) is 16.9. The highest BCUT2D eigenvalue weighted by Gasteiger charge is 2.31. The lowest BCUT2D eigenvalue weighted by atomic mass is 9.85. The molecule has 0 spiro atoms. The molecule has 3 aromatic carbocycles. The Hall–Kier alpha value is -3.05. The molecule has 0 aromatic heterocycles. The molecule has 0 saturated carbocycles. The van der Waals surface area contributed by atoms with Crippen molar-refractivity contribution in [3.05, 3.63) is 70.6 Å². The van der Waals surface area contributed by atoms with E-state index in [1.165, 1.54) is 11.1 Å². The molecule has 5 rings (SSSR count). The molecule has 1 fully saturated rings. The van der Waals surface area contributed by atoms with Crippen LogP contribution in [0.1, 0.15) is 25.0 Å². The van der Waals surface area contributed by atoms with E-state index in [0.29, 0.717) is 11.5 Å². The van der Waals surface area contributed by atoms with Gasteiger partial charge in [-0.3, -0.25) is 14.9 Å². The molecule has 0 bridgehead atoms. The molecular weight excluding hydrogens is 382 g/mol. The molecule has 0 radical (unpaired) electrons. The number of carbonyl (C=O) groups is 2. The van der Waals surface area contributed by atoms with Crippen molar-refractivity contribution in [3.8, 4) is 16.9 Å². The third-order valence-electron chi connectivity index (χ3n) is 5.43. The molecule has 2 aliphatic heterocycles. The normalized spacial score (nSPS) is 18.8. The van der Waals surface area contributed by atoms with Crippen molar-refractivity contribution < 1.29 is 14.3 Å². The molecule has 4 nitrogen and oxygen atoms in total. The van der Waals surface area contributed by atoms with Crippen molar-refractivity contribution in [2.75, 3.05) is 6.61 Å². The van der Waals surface area contributed by atoms with Gasteiger partial charge in [-0.05, 0) is 69.6 Å². The molecule has 0 atom stereocenters. The molecule has 144 valence electrons. The smallest absolute Gasteiger partial charge is 0.290 e. The third kappa shape index (κ3) is 3.21. The predicted molar refractivity (Wildman–Crippen MR) is 117 cm³/mol. The van der Waals surface area contributed by atoms with Gasteiger partial charge in [-0.15, -0.1) is 0 Å². The predicted octanol–water partition coefficient (Wildman–Crippen LogP) is 5.50. The first kappa shape index (κ1) is 18.0. The first-order chi connectivity index (χ1) is 13.9. The second-order valence-electron chi connectivity index (χ2n) is 8.06. The van der Waals surface area contributed by atoms with E-state index in [2.05, 4.69) is 55.6 Å². The van der Waals surface area contributed by atoms with Crippen molar-refractivity contribution >= 4 is 39.8 Å². The first-order valence-electron chi connectivity index (χ1n) is 9.45. The van der Waals surface area contributed by atoms with Crippen molar-refractivity contribution in [1.29, 1.82) is 0 Å². The summed E-state index contributed by atoms with van der Waals surface area (Å²) in [5.74, 6) is 0.642. The summed E-state index contributed by atoms with van der Waals surface area (Å²) in [6, 6.07) is 18.8. The van der Waals surface area contributed by atoms with Gasteiger partial charge in [-0.25, -0.2) is 0 Å². The molecule has 2 heterocycles. The van der Waals surface area contributed by atoms with Gasteiger partial charge in [0, 0.05) is 11.0 Å². The SMILES string of the molecule is CC1(C)COc2ccc(-c3ccc4cc(/C=C5/SC(=O)NC5=O)ccc4c3)cc21. The summed E-state index contributed by atoms with van der Waals surface area (Å²) in [7, 11) is 0. The Morgan fingerprint density at radius 2 is 1.69 bits per heavy atom. The average Bonchev–Trinajstić information content (AvgIpc) is 3.18. The molecule has 29 heavy (non-hydrogen) atoms. The van der Waals surface area contributed by atoms with Crippen LogP contribution in [0.3, 0.4) is 0 Å². The van der Waals surface area contributed by atoms with Crippen LogP contribution < -0.4 is 10.1 Å². The topological polar surface area (TPSA) is 55.4 Å². The number of carbonyl (C=O) groups excluding carboxylic acids is 2. The number of benzene rings is 3. The average molecular weight is 401 g/mol. The van der Waals surface area contributed by atoms with E-state index in [-0.39, 0.29) is 16.6 Å². The van der Waals surface area contributed by atoms with Gasteiger partial charge in [-0.2, -0.15) is 0 Å². The molecular formula is C24H19NO3S. The minimum atomic E-state index is -0.334. The molecule has 2 amide bonds. The molecule has 0 unspecified atom stereocenters. The first-order valence-corrected chi connectivity index (χ1v) is 10.3. The van der Waals surface area contributed by atoms with Gasteiger partial charge >= 0.3 is 0 Å². The monoisotopic (exact) mass is 401 g/mol. The van der Waals surface area contributed by atoms with Crippen LogP contribution in [-0.4, -0.2) is 17.8 Å². The van der Waals surface area contributed by atoms with Gasteiger partial charge in [0.1, 0.15) is 5.75 Å². The van der Waals surface area contributed by atoms with Crippen molar-refractivity contribution in [2.45, 2.75) is 19.3 Å². The number of fused-ring (bicyclic) bond motifs is 2. The summed E-state index contributed by atoms with van der Waals surface area (Å²) < 4.78 is 5.80. The second kappa shape index (κ2) is 6.49. The molecule has 1 saturated heterocycles. The maximum Gasteiger partial charge on any atom is 0.290 e. The number of rotatable bonds is 2. The Morgan fingerprint density at radius 3 is 2.48 bits per heavy atom. The Morgan fingerprint density at radius 1 is 0.966 bits per heavy atom. The van der Waals surface area contributed by atoms with Crippen LogP contribution >= 0.6 is 11.8 Å². The van der Waals surface area contributed by atoms with Crippen molar-refractivity contribution in [3.63, 3.8) is 0 Å². The van der Waals surface area contributed by atoms with E-state index >= 15 is 0 Å². The lowest BCUT2D eigenvalue weighted by Gasteiger charge is -2.16. The van der Waals surface area contributed by atoms with Crippen LogP contribution in [0.5, 0.6) is 5.75 Å². The largest absolute Gasteiger partial charge is 0.492 e. The Labute approximate surface area is 172 Å². The van der Waals surface area contributed by atoms with Gasteiger partial charge in [0.2, 0.25) is 0 Å². The molecule has 1 N–H and O–H groups in total. The van der Waals surface area contributed by atoms with Crippen LogP contribution in [0.25, 0.3) is 28.0 Å². The fraction of sp³-hybridized carbons (Fsp3) is 0.167. The van der Waals surface area contributed by atoms with Crippen molar-refractivity contribution in [1.82, 2.24) is 5.32 Å². The lowest BCUT2D eigenvalue weighted by molar-refractivity contribution is -0.115. The van der Waals surface area contributed by atoms with Crippen LogP contribution in [0.15, 0.2) is 59.5 Å². The zero-order valence-electron chi connectivity index (χ0n) is 16.1. The van der Waals surface area contributed by atoms with Gasteiger partial charge in [0.15, 0.2) is 0 Å². The highest BCUT2D eigenvalue weighted by Crippen LogP contribution is 2.40. The van der Waals surface area contributed by atoms with Crippen LogP contribution in [0.2, 0.25) is 0 Å². The summed E-state index contributed by atoms with van der Waals surface area (Å²) in [6.45, 7) is 5.12. The van der Waals surface area contributed by atoms with Crippen LogP contribution in [0, 0.1) is 0 Å². The molecule has 2 aliphatic rings. The Bertz CT molecular complexity index is 1230. The number of ether oxygens (including phenoxy) is 1. The highest BCUT2D eigenvalue weighted by atomic mass is 32.2. The molecule has 3 aromatic rings. The zero-order chi connectivity index (χ0) is 20.2. The maximum atomic E-state index is 11.8.